The van der Waals surface area contributed by atoms with E-state index in [-0.39, 0.29) is 0 Å². The average Bonchev–Trinajstić information content (AvgIpc) is 2.33. The van der Waals surface area contributed by atoms with Crippen LogP contribution in [0.25, 0.3) is 11.3 Å². The van der Waals surface area contributed by atoms with Gasteiger partial charge in [0.1, 0.15) is 5.69 Å². The second-order valence-electron chi connectivity index (χ2n) is 3.86. The van der Waals surface area contributed by atoms with Crippen LogP contribution in [0.1, 0.15) is 21.6 Å². The Kier molecular flexibility index (Phi) is 2.82. The third-order valence-corrected chi connectivity index (χ3v) is 2.69. The van der Waals surface area contributed by atoms with Crippen LogP contribution in [0.15, 0.2) is 36.4 Å². The Labute approximate surface area is 95.0 Å². The molecule has 80 valence electrons. The molecule has 0 spiro atoms. The lowest BCUT2D eigenvalue weighted by Crippen LogP contribution is -1.90. The number of carbonyl (C=O) groups excluding carboxylic acids is 1. The number of pyridine rings is 1. The summed E-state index contributed by atoms with van der Waals surface area (Å²) in [6.07, 6.45) is 0.768. The van der Waals surface area contributed by atoms with Crippen LogP contribution < -0.4 is 0 Å². The second kappa shape index (κ2) is 4.27. The quantitative estimate of drug-likeness (QED) is 0.714. The van der Waals surface area contributed by atoms with Crippen LogP contribution in [0, 0.1) is 13.8 Å². The predicted octanol–water partition coefficient (Wildman–Crippen LogP) is 3.18. The third kappa shape index (κ3) is 2.01. The molecule has 0 unspecified atom stereocenters. The van der Waals surface area contributed by atoms with Crippen molar-refractivity contribution >= 4 is 6.29 Å². The van der Waals surface area contributed by atoms with E-state index in [1.807, 2.05) is 18.2 Å². The number of hydrogen-bond donors (Lipinski definition) is 0. The first-order chi connectivity index (χ1) is 7.70. The Morgan fingerprint density at radius 1 is 1.06 bits per heavy atom. The van der Waals surface area contributed by atoms with E-state index in [2.05, 4.69) is 31.0 Å². The molecule has 16 heavy (non-hydrogen) atoms. The Hall–Kier alpha value is -1.96. The summed E-state index contributed by atoms with van der Waals surface area (Å²) in [6.45, 7) is 4.15. The van der Waals surface area contributed by atoms with Crippen molar-refractivity contribution < 1.29 is 4.79 Å². The van der Waals surface area contributed by atoms with Crippen LogP contribution in [0.3, 0.4) is 0 Å². The summed E-state index contributed by atoms with van der Waals surface area (Å²) >= 11 is 0. The maximum Gasteiger partial charge on any atom is 0.168 e. The normalized spacial score (nSPS) is 10.1. The molecule has 1 heterocycles. The van der Waals surface area contributed by atoms with Crippen molar-refractivity contribution in [3.63, 3.8) is 0 Å². The largest absolute Gasteiger partial charge is 0.296 e. The van der Waals surface area contributed by atoms with Crippen molar-refractivity contribution in [3.05, 3.63) is 53.2 Å². The van der Waals surface area contributed by atoms with E-state index in [0.29, 0.717) is 5.69 Å². The zero-order chi connectivity index (χ0) is 11.5. The fourth-order valence-electron chi connectivity index (χ4n) is 1.58. The molecule has 1 aromatic heterocycles. The first-order valence-corrected chi connectivity index (χ1v) is 5.20. The predicted molar refractivity (Wildman–Crippen MR) is 64.5 cm³/mol. The molecule has 0 amide bonds. The minimum atomic E-state index is 0.468. The maximum absolute atomic E-state index is 10.6. The minimum absolute atomic E-state index is 0.468. The van der Waals surface area contributed by atoms with Gasteiger partial charge in [-0.25, -0.2) is 4.98 Å². The lowest BCUT2D eigenvalue weighted by atomic mass is 10.0. The van der Waals surface area contributed by atoms with Gasteiger partial charge in [0.2, 0.25) is 0 Å². The van der Waals surface area contributed by atoms with E-state index in [0.717, 1.165) is 17.5 Å². The summed E-state index contributed by atoms with van der Waals surface area (Å²) < 4.78 is 0. The molecule has 0 aliphatic carbocycles. The highest BCUT2D eigenvalue weighted by atomic mass is 16.1. The van der Waals surface area contributed by atoms with E-state index in [1.165, 1.54) is 11.1 Å². The number of rotatable bonds is 2. The summed E-state index contributed by atoms with van der Waals surface area (Å²) in [5.74, 6) is 0. The van der Waals surface area contributed by atoms with Crippen LogP contribution in [0.4, 0.5) is 0 Å². The van der Waals surface area contributed by atoms with Gasteiger partial charge in [0.15, 0.2) is 6.29 Å². The fraction of sp³-hybridized carbons (Fsp3) is 0.143. The van der Waals surface area contributed by atoms with Crippen LogP contribution in [0.5, 0.6) is 0 Å². The first kappa shape index (κ1) is 10.6. The lowest BCUT2D eigenvalue weighted by Gasteiger charge is -2.05. The molecule has 0 aliphatic heterocycles. The van der Waals surface area contributed by atoms with Gasteiger partial charge in [0.25, 0.3) is 0 Å². The van der Waals surface area contributed by atoms with Crippen molar-refractivity contribution in [1.29, 1.82) is 0 Å². The van der Waals surface area contributed by atoms with Gasteiger partial charge in [0, 0.05) is 5.56 Å². The van der Waals surface area contributed by atoms with Gasteiger partial charge in [-0.05, 0) is 43.2 Å². The monoisotopic (exact) mass is 211 g/mol. The van der Waals surface area contributed by atoms with E-state index in [4.69, 9.17) is 0 Å². The molecule has 0 atom stereocenters. The second-order valence-corrected chi connectivity index (χ2v) is 3.86. The van der Waals surface area contributed by atoms with Crippen molar-refractivity contribution in [1.82, 2.24) is 4.98 Å². The van der Waals surface area contributed by atoms with Crippen molar-refractivity contribution in [2.75, 3.05) is 0 Å². The molecule has 2 aromatic rings. The van der Waals surface area contributed by atoms with Crippen LogP contribution in [0.2, 0.25) is 0 Å². The van der Waals surface area contributed by atoms with Gasteiger partial charge in [0.05, 0.1) is 5.69 Å². The number of aryl methyl sites for hydroxylation is 2. The van der Waals surface area contributed by atoms with Crippen molar-refractivity contribution in [3.8, 4) is 11.3 Å². The zero-order valence-electron chi connectivity index (χ0n) is 9.40. The molecule has 2 heteroatoms. The molecular formula is C14H13NO. The molecule has 0 saturated heterocycles. The molecule has 2 nitrogen and oxygen atoms in total. The van der Waals surface area contributed by atoms with E-state index >= 15 is 0 Å². The topological polar surface area (TPSA) is 30.0 Å². The zero-order valence-corrected chi connectivity index (χ0v) is 9.40. The molecule has 0 fully saturated rings. The molecule has 2 rings (SSSR count). The average molecular weight is 211 g/mol. The van der Waals surface area contributed by atoms with E-state index in [9.17, 15) is 4.79 Å². The number of aldehydes is 1. The minimum Gasteiger partial charge on any atom is -0.296 e. The smallest absolute Gasteiger partial charge is 0.168 e. The Morgan fingerprint density at radius 2 is 1.88 bits per heavy atom. The number of benzene rings is 1. The van der Waals surface area contributed by atoms with Crippen molar-refractivity contribution in [2.45, 2.75) is 13.8 Å². The highest BCUT2D eigenvalue weighted by molar-refractivity contribution is 5.73. The van der Waals surface area contributed by atoms with Gasteiger partial charge in [-0.3, -0.25) is 4.79 Å². The molecule has 0 bridgehead atoms. The van der Waals surface area contributed by atoms with Gasteiger partial charge < -0.3 is 0 Å². The Bertz CT molecular complexity index is 532. The Balaban J connectivity index is 2.49. The highest BCUT2D eigenvalue weighted by Gasteiger charge is 2.02. The van der Waals surface area contributed by atoms with Gasteiger partial charge in [-0.2, -0.15) is 0 Å². The lowest BCUT2D eigenvalue weighted by molar-refractivity contribution is 0.111. The Morgan fingerprint density at radius 3 is 2.56 bits per heavy atom. The van der Waals surface area contributed by atoms with Crippen LogP contribution >= 0.6 is 0 Å². The SMILES string of the molecule is Cc1ccc(-c2cccc(C=O)n2)cc1C. The number of hydrogen-bond acceptors (Lipinski definition) is 2. The van der Waals surface area contributed by atoms with Gasteiger partial charge >= 0.3 is 0 Å². The first-order valence-electron chi connectivity index (χ1n) is 5.20. The summed E-state index contributed by atoms with van der Waals surface area (Å²) in [7, 11) is 0. The summed E-state index contributed by atoms with van der Waals surface area (Å²) in [6, 6.07) is 11.7. The standard InChI is InChI=1S/C14H13NO/c1-10-6-7-12(8-11(10)2)14-5-3-4-13(9-16)15-14/h3-9H,1-2H3. The van der Waals surface area contributed by atoms with Crippen LogP contribution in [-0.2, 0) is 0 Å². The molecule has 0 aliphatic rings. The summed E-state index contributed by atoms with van der Waals surface area (Å²) in [5.41, 5.74) is 4.85. The van der Waals surface area contributed by atoms with Crippen LogP contribution in [-0.4, -0.2) is 11.3 Å². The van der Waals surface area contributed by atoms with Crippen molar-refractivity contribution in [2.24, 2.45) is 0 Å². The summed E-state index contributed by atoms with van der Waals surface area (Å²) in [5, 5.41) is 0. The molecule has 0 radical (unpaired) electrons. The third-order valence-electron chi connectivity index (χ3n) is 2.69. The van der Waals surface area contributed by atoms with Gasteiger partial charge in [-0.15, -0.1) is 0 Å². The van der Waals surface area contributed by atoms with E-state index in [1.54, 1.807) is 6.07 Å². The molecule has 0 saturated carbocycles. The maximum atomic E-state index is 10.6. The highest BCUT2D eigenvalue weighted by Crippen LogP contribution is 2.20. The number of nitrogens with zero attached hydrogens (tertiary/aromatic N) is 1. The van der Waals surface area contributed by atoms with E-state index < -0.39 is 0 Å². The summed E-state index contributed by atoms with van der Waals surface area (Å²) in [4.78, 5) is 14.9. The van der Waals surface area contributed by atoms with Gasteiger partial charge in [-0.1, -0.05) is 18.2 Å². The molecular weight excluding hydrogens is 198 g/mol. The fourth-order valence-corrected chi connectivity index (χ4v) is 1.58. The number of carbonyl (C=O) groups is 1. The molecule has 0 N–H and O–H groups in total. The number of aromatic nitrogens is 1. The molecule has 1 aromatic carbocycles.